The number of benzene rings is 1. The number of nitrogens with zero attached hydrogens (tertiary/aromatic N) is 3. The van der Waals surface area contributed by atoms with Crippen molar-refractivity contribution in [2.45, 2.75) is 11.3 Å². The van der Waals surface area contributed by atoms with Crippen LogP contribution in [0.2, 0.25) is 0 Å². The van der Waals surface area contributed by atoms with Crippen molar-refractivity contribution in [1.29, 1.82) is 0 Å². The molecule has 0 saturated carbocycles. The van der Waals surface area contributed by atoms with Crippen LogP contribution in [-0.4, -0.2) is 46.7 Å². The molecule has 3 N–H and O–H groups in total. The van der Waals surface area contributed by atoms with Crippen molar-refractivity contribution < 1.29 is 22.7 Å². The number of aromatic amines is 1. The van der Waals surface area contributed by atoms with Crippen LogP contribution in [0.25, 0.3) is 0 Å². The van der Waals surface area contributed by atoms with Gasteiger partial charge in [-0.15, -0.1) is 5.10 Å². The lowest BCUT2D eigenvalue weighted by Crippen LogP contribution is -2.40. The van der Waals surface area contributed by atoms with Crippen LogP contribution in [0.15, 0.2) is 29.4 Å². The van der Waals surface area contributed by atoms with Gasteiger partial charge in [0.15, 0.2) is 0 Å². The molecular formula is C13H14F3N5O2S. The largest absolute Gasteiger partial charge is 0.495 e. The average Bonchev–Trinajstić information content (AvgIpc) is 2.95. The molecule has 0 aliphatic carbocycles. The van der Waals surface area contributed by atoms with Crippen LogP contribution in [0, 0.1) is 0 Å². The van der Waals surface area contributed by atoms with E-state index >= 15 is 0 Å². The Morgan fingerprint density at radius 2 is 2.12 bits per heavy atom. The number of anilines is 2. The normalized spacial score (nSPS) is 11.3. The van der Waals surface area contributed by atoms with E-state index in [1.807, 2.05) is 0 Å². The van der Waals surface area contributed by atoms with Crippen LogP contribution in [0.3, 0.4) is 0 Å². The molecule has 0 atom stereocenters. The summed E-state index contributed by atoms with van der Waals surface area (Å²) in [6.45, 7) is -1.43. The van der Waals surface area contributed by atoms with Crippen LogP contribution >= 0.6 is 11.8 Å². The highest BCUT2D eigenvalue weighted by Gasteiger charge is 2.35. The van der Waals surface area contributed by atoms with Crippen molar-refractivity contribution >= 4 is 29.3 Å². The fourth-order valence-electron chi connectivity index (χ4n) is 1.87. The topological polar surface area (TPSA) is 97.1 Å². The third-order valence-corrected chi connectivity index (χ3v) is 3.65. The molecule has 1 heterocycles. The number of methoxy groups -OCH3 is 1. The molecule has 7 nitrogen and oxygen atoms in total. The van der Waals surface area contributed by atoms with Gasteiger partial charge in [-0.25, -0.2) is 5.10 Å². The molecule has 0 aliphatic heterocycles. The minimum atomic E-state index is -4.56. The number of nitrogen functional groups attached to an aromatic ring is 1. The van der Waals surface area contributed by atoms with Gasteiger partial charge in [-0.1, -0.05) is 23.9 Å². The van der Waals surface area contributed by atoms with Gasteiger partial charge in [-0.2, -0.15) is 18.2 Å². The Morgan fingerprint density at radius 3 is 2.71 bits per heavy atom. The van der Waals surface area contributed by atoms with Gasteiger partial charge < -0.3 is 10.5 Å². The molecule has 0 spiro atoms. The smallest absolute Gasteiger partial charge is 0.406 e. The van der Waals surface area contributed by atoms with Crippen LogP contribution in [0.4, 0.5) is 24.8 Å². The third-order valence-electron chi connectivity index (χ3n) is 2.82. The third kappa shape index (κ3) is 4.78. The number of ether oxygens (including phenoxy) is 1. The fourth-order valence-corrected chi connectivity index (χ4v) is 2.55. The zero-order chi connectivity index (χ0) is 17.7. The highest BCUT2D eigenvalue weighted by Crippen LogP contribution is 2.31. The molecular weight excluding hydrogens is 347 g/mol. The minimum absolute atomic E-state index is 0.0393. The number of halogens is 3. The molecule has 1 aromatic carbocycles. The van der Waals surface area contributed by atoms with Crippen molar-refractivity contribution in [2.75, 3.05) is 30.0 Å². The molecule has 1 aromatic heterocycles. The van der Waals surface area contributed by atoms with E-state index in [-0.39, 0.29) is 28.3 Å². The molecule has 2 rings (SSSR count). The lowest BCUT2D eigenvalue weighted by Gasteiger charge is -2.25. The first kappa shape index (κ1) is 17.9. The number of hydrogen-bond donors (Lipinski definition) is 2. The summed E-state index contributed by atoms with van der Waals surface area (Å²) in [6.07, 6.45) is -4.56. The van der Waals surface area contributed by atoms with E-state index in [1.165, 1.54) is 25.3 Å². The maximum atomic E-state index is 12.9. The predicted molar refractivity (Wildman–Crippen MR) is 82.9 cm³/mol. The molecule has 0 bridgehead atoms. The maximum Gasteiger partial charge on any atom is 0.406 e. The molecule has 0 unspecified atom stereocenters. The van der Waals surface area contributed by atoms with Gasteiger partial charge in [-0.05, 0) is 12.1 Å². The van der Waals surface area contributed by atoms with E-state index in [1.54, 1.807) is 6.07 Å². The second-order valence-corrected chi connectivity index (χ2v) is 5.50. The van der Waals surface area contributed by atoms with E-state index in [9.17, 15) is 18.0 Å². The Hall–Kier alpha value is -2.43. The predicted octanol–water partition coefficient (Wildman–Crippen LogP) is 2.08. The minimum Gasteiger partial charge on any atom is -0.495 e. The number of amides is 1. The molecule has 0 radical (unpaired) electrons. The number of thioether (sulfide) groups is 1. The fraction of sp³-hybridized carbons (Fsp3) is 0.308. The van der Waals surface area contributed by atoms with Crippen molar-refractivity contribution in [2.24, 2.45) is 0 Å². The first-order valence-electron chi connectivity index (χ1n) is 6.61. The van der Waals surface area contributed by atoms with E-state index in [2.05, 4.69) is 15.2 Å². The average molecular weight is 361 g/mol. The first-order chi connectivity index (χ1) is 11.3. The number of rotatable bonds is 6. The van der Waals surface area contributed by atoms with Gasteiger partial charge in [0, 0.05) is 0 Å². The quantitative estimate of drug-likeness (QED) is 0.765. The number of nitrogens with one attached hydrogen (secondary N) is 1. The number of hydrogen-bond acceptors (Lipinski definition) is 6. The number of H-pyrrole nitrogens is 1. The summed E-state index contributed by atoms with van der Waals surface area (Å²) in [5, 5.41) is 6.27. The van der Waals surface area contributed by atoms with Crippen LogP contribution in [0.1, 0.15) is 0 Å². The molecule has 2 aromatic rings. The molecule has 0 fully saturated rings. The molecule has 0 saturated heterocycles. The van der Waals surface area contributed by atoms with Crippen LogP contribution < -0.4 is 15.4 Å². The second kappa shape index (κ2) is 7.43. The highest BCUT2D eigenvalue weighted by atomic mass is 32.2. The Balaban J connectivity index is 2.20. The van der Waals surface area contributed by atoms with E-state index in [4.69, 9.17) is 10.5 Å². The zero-order valence-electron chi connectivity index (χ0n) is 12.5. The van der Waals surface area contributed by atoms with Gasteiger partial charge in [-0.3, -0.25) is 9.69 Å². The summed E-state index contributed by atoms with van der Waals surface area (Å²) in [7, 11) is 1.32. The van der Waals surface area contributed by atoms with Gasteiger partial charge in [0.05, 0.1) is 18.6 Å². The molecule has 0 aliphatic rings. The summed E-state index contributed by atoms with van der Waals surface area (Å²) in [5.74, 6) is -0.819. The van der Waals surface area contributed by atoms with E-state index in [0.717, 1.165) is 11.8 Å². The summed E-state index contributed by atoms with van der Waals surface area (Å²) in [6, 6.07) is 5.99. The summed E-state index contributed by atoms with van der Waals surface area (Å²) < 4.78 is 43.6. The van der Waals surface area contributed by atoms with Crippen LogP contribution in [0.5, 0.6) is 5.75 Å². The standard InChI is InChI=1S/C13H14F3N5O2S/c1-23-9-5-3-2-4-8(9)21(7-13(14,15)16)10(22)6-24-12-18-11(17)19-20-12/h2-5H,6-7H2,1H3,(H3,17,18,19,20). The second-order valence-electron chi connectivity index (χ2n) is 4.56. The van der Waals surface area contributed by atoms with Gasteiger partial charge in [0.2, 0.25) is 17.0 Å². The molecule has 1 amide bonds. The number of alkyl halides is 3. The number of nitrogens with two attached hydrogens (primary N) is 1. The maximum absolute atomic E-state index is 12.9. The SMILES string of the molecule is COc1ccccc1N(CC(F)(F)F)C(=O)CSc1n[nH]c(N)n1. The Kier molecular flexibility index (Phi) is 5.54. The number of aromatic nitrogens is 3. The zero-order valence-corrected chi connectivity index (χ0v) is 13.3. The van der Waals surface area contributed by atoms with Crippen molar-refractivity contribution in [3.8, 4) is 5.75 Å². The van der Waals surface area contributed by atoms with Crippen molar-refractivity contribution in [3.05, 3.63) is 24.3 Å². The first-order valence-corrected chi connectivity index (χ1v) is 7.59. The van der Waals surface area contributed by atoms with Crippen molar-refractivity contribution in [1.82, 2.24) is 15.2 Å². The summed E-state index contributed by atoms with van der Waals surface area (Å²) >= 11 is 0.879. The summed E-state index contributed by atoms with van der Waals surface area (Å²) in [5.41, 5.74) is 5.39. The van der Waals surface area contributed by atoms with E-state index < -0.39 is 18.6 Å². The van der Waals surface area contributed by atoms with Gasteiger partial charge >= 0.3 is 6.18 Å². The van der Waals surface area contributed by atoms with Gasteiger partial charge in [0.1, 0.15) is 12.3 Å². The Bertz CT molecular complexity index is 707. The van der Waals surface area contributed by atoms with Crippen molar-refractivity contribution in [3.63, 3.8) is 0 Å². The monoisotopic (exact) mass is 361 g/mol. The molecule has 130 valence electrons. The lowest BCUT2D eigenvalue weighted by atomic mass is 10.2. The molecule has 24 heavy (non-hydrogen) atoms. The lowest BCUT2D eigenvalue weighted by molar-refractivity contribution is -0.131. The Labute approximate surface area is 139 Å². The van der Waals surface area contributed by atoms with Gasteiger partial charge in [0.25, 0.3) is 0 Å². The molecule has 11 heteroatoms. The Morgan fingerprint density at radius 1 is 1.42 bits per heavy atom. The highest BCUT2D eigenvalue weighted by molar-refractivity contribution is 7.99. The van der Waals surface area contributed by atoms with E-state index in [0.29, 0.717) is 4.90 Å². The number of para-hydroxylation sites is 2. The van der Waals surface area contributed by atoms with Crippen LogP contribution in [-0.2, 0) is 4.79 Å². The number of carbonyl (C=O) groups is 1. The number of carbonyl (C=O) groups excluding carboxylic acids is 1. The summed E-state index contributed by atoms with van der Waals surface area (Å²) in [4.78, 5) is 16.7.